The number of nitrogens with zero attached hydrogens (tertiary/aromatic N) is 2. The summed E-state index contributed by atoms with van der Waals surface area (Å²) in [6.07, 6.45) is 2.99. The molecule has 1 aliphatic rings. The van der Waals surface area contributed by atoms with Crippen molar-refractivity contribution >= 4 is 27.3 Å². The molecule has 1 amide bonds. The van der Waals surface area contributed by atoms with Crippen molar-refractivity contribution in [1.29, 1.82) is 0 Å². The highest BCUT2D eigenvalue weighted by atomic mass is 35.5. The Morgan fingerprint density at radius 1 is 1.15 bits per heavy atom. The number of carbonyl (C=O) groups excluding carboxylic acids is 1. The summed E-state index contributed by atoms with van der Waals surface area (Å²) in [5, 5.41) is 7.46. The van der Waals surface area contributed by atoms with Crippen LogP contribution in [-0.4, -0.2) is 29.9 Å². The quantitative estimate of drug-likeness (QED) is 0.749. The lowest BCUT2D eigenvalue weighted by atomic mass is 10.1. The number of nitrogens with one attached hydrogen (secondary N) is 1. The van der Waals surface area contributed by atoms with Crippen LogP contribution >= 0.6 is 11.6 Å². The highest BCUT2D eigenvalue weighted by Crippen LogP contribution is 2.33. The first-order valence-corrected chi connectivity index (χ1v) is 9.91. The summed E-state index contributed by atoms with van der Waals surface area (Å²) in [5.41, 5.74) is 1.59. The van der Waals surface area contributed by atoms with Gasteiger partial charge in [0.1, 0.15) is 0 Å². The SMILES string of the molecule is O=C(N[C@@H]1CS(=O)(=O)c2ccccc21)c1cnn(-c2ccccc2Cl)c1. The molecule has 1 aliphatic heterocycles. The Kier molecular flexibility index (Phi) is 4.05. The number of sulfone groups is 1. The Hall–Kier alpha value is -2.64. The summed E-state index contributed by atoms with van der Waals surface area (Å²) in [4.78, 5) is 12.8. The third kappa shape index (κ3) is 2.89. The summed E-state index contributed by atoms with van der Waals surface area (Å²) < 4.78 is 26.0. The normalized spacial score (nSPS) is 17.7. The molecular formula is C18H14ClN3O3S. The van der Waals surface area contributed by atoms with Crippen LogP contribution in [0, 0.1) is 0 Å². The van der Waals surface area contributed by atoms with Gasteiger partial charge in [-0.1, -0.05) is 41.9 Å². The van der Waals surface area contributed by atoms with Gasteiger partial charge in [-0.2, -0.15) is 5.10 Å². The smallest absolute Gasteiger partial charge is 0.254 e. The van der Waals surface area contributed by atoms with Crippen molar-refractivity contribution in [2.24, 2.45) is 0 Å². The lowest BCUT2D eigenvalue weighted by molar-refractivity contribution is 0.0940. The molecule has 1 atom stereocenters. The van der Waals surface area contributed by atoms with E-state index in [9.17, 15) is 13.2 Å². The van der Waals surface area contributed by atoms with E-state index in [1.54, 1.807) is 48.7 Å². The minimum absolute atomic E-state index is 0.142. The highest BCUT2D eigenvalue weighted by molar-refractivity contribution is 7.91. The van der Waals surface area contributed by atoms with Crippen molar-refractivity contribution in [3.63, 3.8) is 0 Å². The van der Waals surface area contributed by atoms with Gasteiger partial charge in [-0.05, 0) is 23.8 Å². The van der Waals surface area contributed by atoms with Crippen molar-refractivity contribution in [1.82, 2.24) is 15.1 Å². The molecule has 0 radical (unpaired) electrons. The fraction of sp³-hybridized carbons (Fsp3) is 0.111. The minimum atomic E-state index is -3.38. The number of hydrogen-bond donors (Lipinski definition) is 1. The molecule has 0 saturated carbocycles. The molecule has 3 aromatic rings. The van der Waals surface area contributed by atoms with Crippen molar-refractivity contribution in [3.05, 3.63) is 77.1 Å². The van der Waals surface area contributed by atoms with Gasteiger partial charge in [0.15, 0.2) is 9.84 Å². The van der Waals surface area contributed by atoms with Crippen LogP contribution in [0.4, 0.5) is 0 Å². The third-order valence-electron chi connectivity index (χ3n) is 4.26. The van der Waals surface area contributed by atoms with Gasteiger partial charge >= 0.3 is 0 Å². The molecule has 132 valence electrons. The number of aromatic nitrogens is 2. The monoisotopic (exact) mass is 387 g/mol. The maximum Gasteiger partial charge on any atom is 0.254 e. The van der Waals surface area contributed by atoms with Crippen molar-refractivity contribution < 1.29 is 13.2 Å². The van der Waals surface area contributed by atoms with Gasteiger partial charge in [-0.3, -0.25) is 4.79 Å². The summed E-state index contributed by atoms with van der Waals surface area (Å²) in [7, 11) is -3.38. The number of fused-ring (bicyclic) bond motifs is 1. The zero-order valence-corrected chi connectivity index (χ0v) is 15.0. The molecule has 4 rings (SSSR count). The number of hydrogen-bond acceptors (Lipinski definition) is 4. The van der Waals surface area contributed by atoms with Crippen molar-refractivity contribution in [2.75, 3.05) is 5.75 Å². The second-order valence-electron chi connectivity index (χ2n) is 5.97. The van der Waals surface area contributed by atoms with E-state index in [2.05, 4.69) is 10.4 Å². The summed E-state index contributed by atoms with van der Waals surface area (Å²) >= 11 is 6.14. The first-order chi connectivity index (χ1) is 12.5. The molecule has 8 heteroatoms. The summed E-state index contributed by atoms with van der Waals surface area (Å²) in [6, 6.07) is 13.3. The van der Waals surface area contributed by atoms with Gasteiger partial charge in [-0.15, -0.1) is 0 Å². The second-order valence-corrected chi connectivity index (χ2v) is 8.38. The van der Waals surface area contributed by atoms with Gasteiger partial charge in [0.25, 0.3) is 5.91 Å². The molecule has 0 aliphatic carbocycles. The Labute approximate surface area is 155 Å². The van der Waals surface area contributed by atoms with Crippen LogP contribution in [0.1, 0.15) is 22.0 Å². The van der Waals surface area contributed by atoms with E-state index in [-0.39, 0.29) is 16.6 Å². The average molecular weight is 388 g/mol. The Morgan fingerprint density at radius 3 is 2.69 bits per heavy atom. The van der Waals surface area contributed by atoms with E-state index in [1.165, 1.54) is 10.9 Å². The van der Waals surface area contributed by atoms with E-state index in [4.69, 9.17) is 11.6 Å². The van der Waals surface area contributed by atoms with E-state index in [1.807, 2.05) is 6.07 Å². The molecule has 1 aromatic heterocycles. The standard InChI is InChI=1S/C18H14ClN3O3S/c19-14-6-2-3-7-16(14)22-10-12(9-20-22)18(23)21-15-11-26(24,25)17-8-4-1-5-13(15)17/h1-10,15H,11H2,(H,21,23)/t15-/m1/s1. The van der Waals surface area contributed by atoms with Crippen molar-refractivity contribution in [3.8, 4) is 5.69 Å². The Morgan fingerprint density at radius 2 is 1.88 bits per heavy atom. The zero-order chi connectivity index (χ0) is 18.3. The molecule has 0 saturated heterocycles. The van der Waals surface area contributed by atoms with E-state index in [0.717, 1.165) is 0 Å². The fourth-order valence-electron chi connectivity index (χ4n) is 3.02. The van der Waals surface area contributed by atoms with E-state index >= 15 is 0 Å². The average Bonchev–Trinajstić information content (AvgIpc) is 3.20. The van der Waals surface area contributed by atoms with Crippen LogP contribution in [0.5, 0.6) is 0 Å². The number of carbonyl (C=O) groups is 1. The molecule has 0 spiro atoms. The minimum Gasteiger partial charge on any atom is -0.344 e. The molecule has 2 heterocycles. The van der Waals surface area contributed by atoms with Gasteiger partial charge in [-0.25, -0.2) is 13.1 Å². The van der Waals surface area contributed by atoms with Gasteiger partial charge < -0.3 is 5.32 Å². The van der Waals surface area contributed by atoms with Crippen LogP contribution in [0.15, 0.2) is 65.8 Å². The first-order valence-electron chi connectivity index (χ1n) is 7.88. The maximum atomic E-state index is 12.6. The molecule has 0 unspecified atom stereocenters. The second kappa shape index (κ2) is 6.26. The number of amides is 1. The maximum absolute atomic E-state index is 12.6. The lowest BCUT2D eigenvalue weighted by Crippen LogP contribution is -2.29. The van der Waals surface area contributed by atoms with E-state index < -0.39 is 15.9 Å². The molecule has 26 heavy (non-hydrogen) atoms. The molecule has 0 bridgehead atoms. The van der Waals surface area contributed by atoms with Gasteiger partial charge in [0, 0.05) is 6.20 Å². The fourth-order valence-corrected chi connectivity index (χ4v) is 4.98. The van der Waals surface area contributed by atoms with Crippen LogP contribution in [-0.2, 0) is 9.84 Å². The molecule has 6 nitrogen and oxygen atoms in total. The first kappa shape index (κ1) is 16.8. The summed E-state index contributed by atoms with van der Waals surface area (Å²) in [5.74, 6) is -0.531. The molecule has 2 aromatic carbocycles. The zero-order valence-electron chi connectivity index (χ0n) is 13.5. The number of rotatable bonds is 3. The van der Waals surface area contributed by atoms with Crippen LogP contribution in [0.25, 0.3) is 5.69 Å². The predicted octanol–water partition coefficient (Wildman–Crippen LogP) is 2.78. The Balaban J connectivity index is 1.58. The molecule has 0 fully saturated rings. The lowest BCUT2D eigenvalue weighted by Gasteiger charge is -2.11. The third-order valence-corrected chi connectivity index (χ3v) is 6.40. The van der Waals surface area contributed by atoms with Gasteiger partial charge in [0.05, 0.1) is 39.2 Å². The Bertz CT molecular complexity index is 1110. The predicted molar refractivity (Wildman–Crippen MR) is 97.3 cm³/mol. The number of benzene rings is 2. The topological polar surface area (TPSA) is 81.1 Å². The number of para-hydroxylation sites is 1. The number of halogens is 1. The van der Waals surface area contributed by atoms with Crippen LogP contribution < -0.4 is 5.32 Å². The van der Waals surface area contributed by atoms with Gasteiger partial charge in [0.2, 0.25) is 0 Å². The molecule has 1 N–H and O–H groups in total. The highest BCUT2D eigenvalue weighted by Gasteiger charge is 2.35. The van der Waals surface area contributed by atoms with Crippen LogP contribution in [0.3, 0.4) is 0 Å². The van der Waals surface area contributed by atoms with E-state index in [0.29, 0.717) is 21.8 Å². The van der Waals surface area contributed by atoms with Crippen LogP contribution in [0.2, 0.25) is 5.02 Å². The van der Waals surface area contributed by atoms with Crippen molar-refractivity contribution in [2.45, 2.75) is 10.9 Å². The largest absolute Gasteiger partial charge is 0.344 e. The molecular weight excluding hydrogens is 374 g/mol. The summed E-state index contributed by atoms with van der Waals surface area (Å²) in [6.45, 7) is 0.